The van der Waals surface area contributed by atoms with Crippen LogP contribution in [0, 0.1) is 6.92 Å². The molecule has 7 heteroatoms. The quantitative estimate of drug-likeness (QED) is 0.530. The van der Waals surface area contributed by atoms with E-state index in [0.29, 0.717) is 29.0 Å². The molecule has 0 radical (unpaired) electrons. The summed E-state index contributed by atoms with van der Waals surface area (Å²) in [6, 6.07) is 14.7. The molecule has 0 spiro atoms. The van der Waals surface area contributed by atoms with Gasteiger partial charge >= 0.3 is 0 Å². The zero-order chi connectivity index (χ0) is 19.9. The topological polar surface area (TPSA) is 68.5 Å². The van der Waals surface area contributed by atoms with E-state index in [1.54, 1.807) is 35.2 Å². The first-order valence-electron chi connectivity index (χ1n) is 8.72. The summed E-state index contributed by atoms with van der Waals surface area (Å²) in [6.45, 7) is 6.09. The number of amides is 1. The van der Waals surface area contributed by atoms with Crippen LogP contribution in [0.1, 0.15) is 11.5 Å². The van der Waals surface area contributed by atoms with Crippen molar-refractivity contribution in [3.8, 4) is 17.1 Å². The lowest BCUT2D eigenvalue weighted by Gasteiger charge is -2.19. The third kappa shape index (κ3) is 5.20. The molecule has 28 heavy (non-hydrogen) atoms. The highest BCUT2D eigenvalue weighted by Gasteiger charge is 2.18. The number of carbonyl (C=O) groups excluding carboxylic acids is 1. The van der Waals surface area contributed by atoms with E-state index in [4.69, 9.17) is 20.9 Å². The minimum atomic E-state index is -0.201. The maximum atomic E-state index is 12.6. The number of halogens is 1. The van der Waals surface area contributed by atoms with Crippen molar-refractivity contribution in [2.24, 2.45) is 0 Å². The van der Waals surface area contributed by atoms with E-state index in [2.05, 4.69) is 16.7 Å². The third-order valence-electron chi connectivity index (χ3n) is 3.95. The molecule has 1 amide bonds. The van der Waals surface area contributed by atoms with E-state index in [9.17, 15) is 4.79 Å². The van der Waals surface area contributed by atoms with Crippen LogP contribution in [-0.2, 0) is 11.3 Å². The van der Waals surface area contributed by atoms with E-state index in [-0.39, 0.29) is 19.1 Å². The van der Waals surface area contributed by atoms with E-state index >= 15 is 0 Å². The van der Waals surface area contributed by atoms with Crippen molar-refractivity contribution in [1.82, 2.24) is 15.0 Å². The summed E-state index contributed by atoms with van der Waals surface area (Å²) >= 11 is 5.90. The van der Waals surface area contributed by atoms with Gasteiger partial charge in [0.2, 0.25) is 11.7 Å². The molecular formula is C21H20ClN3O3. The van der Waals surface area contributed by atoms with Crippen LogP contribution in [-0.4, -0.2) is 34.1 Å². The van der Waals surface area contributed by atoms with Gasteiger partial charge in [0.25, 0.3) is 5.91 Å². The summed E-state index contributed by atoms with van der Waals surface area (Å²) in [6.07, 6.45) is 1.64. The van der Waals surface area contributed by atoms with Gasteiger partial charge in [-0.2, -0.15) is 4.98 Å². The highest BCUT2D eigenvalue weighted by Crippen LogP contribution is 2.19. The fourth-order valence-corrected chi connectivity index (χ4v) is 2.68. The molecule has 0 N–H and O–H groups in total. The van der Waals surface area contributed by atoms with E-state index in [0.717, 1.165) is 11.1 Å². The van der Waals surface area contributed by atoms with E-state index < -0.39 is 0 Å². The van der Waals surface area contributed by atoms with Crippen LogP contribution in [0.4, 0.5) is 0 Å². The van der Waals surface area contributed by atoms with Crippen molar-refractivity contribution in [2.75, 3.05) is 13.2 Å². The molecule has 2 aromatic carbocycles. The minimum absolute atomic E-state index is 0.0878. The average molecular weight is 398 g/mol. The molecule has 0 aliphatic rings. The number of benzene rings is 2. The van der Waals surface area contributed by atoms with Crippen LogP contribution in [0.5, 0.6) is 5.75 Å². The molecule has 1 aromatic heterocycles. The van der Waals surface area contributed by atoms with Gasteiger partial charge in [0, 0.05) is 17.1 Å². The number of rotatable bonds is 8. The Morgan fingerprint density at radius 1 is 1.29 bits per heavy atom. The van der Waals surface area contributed by atoms with Gasteiger partial charge in [-0.25, -0.2) is 0 Å². The first-order valence-corrected chi connectivity index (χ1v) is 9.09. The predicted octanol–water partition coefficient (Wildman–Crippen LogP) is 4.29. The highest BCUT2D eigenvalue weighted by molar-refractivity contribution is 6.30. The van der Waals surface area contributed by atoms with Crippen molar-refractivity contribution in [1.29, 1.82) is 0 Å². The molecule has 0 bridgehead atoms. The number of hydrogen-bond donors (Lipinski definition) is 0. The van der Waals surface area contributed by atoms with Crippen LogP contribution < -0.4 is 4.74 Å². The van der Waals surface area contributed by atoms with Crippen LogP contribution in [0.15, 0.2) is 65.7 Å². The van der Waals surface area contributed by atoms with Crippen molar-refractivity contribution in [3.63, 3.8) is 0 Å². The van der Waals surface area contributed by atoms with Gasteiger partial charge in [-0.05, 0) is 48.9 Å². The molecule has 3 aromatic rings. The van der Waals surface area contributed by atoms with Crippen LogP contribution in [0.25, 0.3) is 11.4 Å². The van der Waals surface area contributed by atoms with Gasteiger partial charge in [0.05, 0.1) is 0 Å². The number of ether oxygens (including phenoxy) is 1. The van der Waals surface area contributed by atoms with Gasteiger partial charge < -0.3 is 14.2 Å². The fourth-order valence-electron chi connectivity index (χ4n) is 2.55. The number of hydrogen-bond acceptors (Lipinski definition) is 5. The SMILES string of the molecule is C=CCN(Cc1nc(-c2ccc(Cl)cc2)no1)C(=O)COc1cccc(C)c1. The summed E-state index contributed by atoms with van der Waals surface area (Å²) in [5, 5.41) is 4.60. The molecule has 6 nitrogen and oxygen atoms in total. The molecule has 0 saturated heterocycles. The summed E-state index contributed by atoms with van der Waals surface area (Å²) in [7, 11) is 0. The predicted molar refractivity (Wildman–Crippen MR) is 107 cm³/mol. The third-order valence-corrected chi connectivity index (χ3v) is 4.20. The van der Waals surface area contributed by atoms with Crippen LogP contribution in [0.2, 0.25) is 5.02 Å². The molecule has 0 aliphatic heterocycles. The van der Waals surface area contributed by atoms with Gasteiger partial charge in [-0.3, -0.25) is 4.79 Å². The lowest BCUT2D eigenvalue weighted by atomic mass is 10.2. The standard InChI is InChI=1S/C21H20ClN3O3/c1-3-11-25(20(26)14-27-18-6-4-5-15(2)12-18)13-19-23-21(24-28-19)16-7-9-17(22)10-8-16/h3-10,12H,1,11,13-14H2,2H3. The summed E-state index contributed by atoms with van der Waals surface area (Å²) in [5.74, 6) is 1.21. The van der Waals surface area contributed by atoms with Crippen molar-refractivity contribution >= 4 is 17.5 Å². The number of carbonyl (C=O) groups is 1. The van der Waals surface area contributed by atoms with E-state index in [1.165, 1.54) is 0 Å². The van der Waals surface area contributed by atoms with Crippen molar-refractivity contribution in [3.05, 3.63) is 77.7 Å². The monoisotopic (exact) mass is 397 g/mol. The van der Waals surface area contributed by atoms with Crippen molar-refractivity contribution < 1.29 is 14.1 Å². The second-order valence-corrected chi connectivity index (χ2v) is 6.62. The first-order chi connectivity index (χ1) is 13.5. The Morgan fingerprint density at radius 3 is 2.79 bits per heavy atom. The Kier molecular flexibility index (Phi) is 6.45. The highest BCUT2D eigenvalue weighted by atomic mass is 35.5. The zero-order valence-corrected chi connectivity index (χ0v) is 16.2. The summed E-state index contributed by atoms with van der Waals surface area (Å²) in [4.78, 5) is 18.5. The molecule has 1 heterocycles. The average Bonchev–Trinajstić information content (AvgIpc) is 3.15. The maximum Gasteiger partial charge on any atom is 0.261 e. The maximum absolute atomic E-state index is 12.6. The van der Waals surface area contributed by atoms with Gasteiger partial charge in [-0.15, -0.1) is 6.58 Å². The first kappa shape index (κ1) is 19.6. The van der Waals surface area contributed by atoms with Crippen LogP contribution >= 0.6 is 11.6 Å². The van der Waals surface area contributed by atoms with Gasteiger partial charge in [0.1, 0.15) is 12.3 Å². The lowest BCUT2D eigenvalue weighted by Crippen LogP contribution is -2.34. The Labute approximate surface area is 168 Å². The Bertz CT molecular complexity index is 954. The lowest BCUT2D eigenvalue weighted by molar-refractivity contribution is -0.133. The summed E-state index contributed by atoms with van der Waals surface area (Å²) in [5.41, 5.74) is 1.84. The molecule has 0 atom stereocenters. The molecule has 3 rings (SSSR count). The smallest absolute Gasteiger partial charge is 0.261 e. The Hall–Kier alpha value is -3.12. The molecule has 0 unspecified atom stereocenters. The minimum Gasteiger partial charge on any atom is -0.484 e. The second kappa shape index (κ2) is 9.19. The zero-order valence-electron chi connectivity index (χ0n) is 15.5. The largest absolute Gasteiger partial charge is 0.484 e. The van der Waals surface area contributed by atoms with Crippen molar-refractivity contribution in [2.45, 2.75) is 13.5 Å². The Balaban J connectivity index is 1.64. The Morgan fingerprint density at radius 2 is 2.07 bits per heavy atom. The number of nitrogens with zero attached hydrogens (tertiary/aromatic N) is 3. The van der Waals surface area contributed by atoms with Gasteiger partial charge in [0.15, 0.2) is 6.61 Å². The number of aromatic nitrogens is 2. The van der Waals surface area contributed by atoms with Gasteiger partial charge in [-0.1, -0.05) is 35.0 Å². The summed E-state index contributed by atoms with van der Waals surface area (Å²) < 4.78 is 10.9. The second-order valence-electron chi connectivity index (χ2n) is 6.19. The molecule has 0 saturated carbocycles. The fraction of sp³-hybridized carbons (Fsp3) is 0.190. The van der Waals surface area contributed by atoms with E-state index in [1.807, 2.05) is 31.2 Å². The van der Waals surface area contributed by atoms with Crippen LogP contribution in [0.3, 0.4) is 0 Å². The molecule has 0 aliphatic carbocycles. The normalized spacial score (nSPS) is 10.5. The molecule has 144 valence electrons. The number of aryl methyl sites for hydroxylation is 1. The molecular weight excluding hydrogens is 378 g/mol. The molecule has 0 fully saturated rings.